The van der Waals surface area contributed by atoms with Gasteiger partial charge in [0.05, 0.1) is 22.7 Å². The van der Waals surface area contributed by atoms with E-state index in [2.05, 4.69) is 10.6 Å². The third kappa shape index (κ3) is 3.44. The van der Waals surface area contributed by atoms with E-state index in [-0.39, 0.29) is 23.9 Å². The van der Waals surface area contributed by atoms with Crippen molar-refractivity contribution in [1.82, 2.24) is 10.6 Å². The summed E-state index contributed by atoms with van der Waals surface area (Å²) >= 11 is 5.99. The van der Waals surface area contributed by atoms with Gasteiger partial charge >= 0.3 is 0 Å². The third-order valence-corrected chi connectivity index (χ3v) is 4.77. The molecular weight excluding hydrogens is 324 g/mol. The number of hydrogen-bond donors (Lipinski definition) is 2. The molecule has 2 aromatic rings. The lowest BCUT2D eigenvalue weighted by Gasteiger charge is -2.43. The summed E-state index contributed by atoms with van der Waals surface area (Å²) < 4.78 is 0. The van der Waals surface area contributed by atoms with Gasteiger partial charge in [0, 0.05) is 0 Å². The van der Waals surface area contributed by atoms with Gasteiger partial charge in [-0.3, -0.25) is 9.59 Å². The molecule has 0 aromatic heterocycles. The summed E-state index contributed by atoms with van der Waals surface area (Å²) in [7, 11) is 0. The van der Waals surface area contributed by atoms with Crippen LogP contribution in [0, 0.1) is 0 Å². The highest BCUT2D eigenvalue weighted by Crippen LogP contribution is 2.41. The Kier molecular flexibility index (Phi) is 4.86. The molecule has 3 rings (SSSR count). The number of carbonyl (C=O) groups is 2. The average Bonchev–Trinajstić information content (AvgIpc) is 2.57. The molecule has 4 nitrogen and oxygen atoms in total. The van der Waals surface area contributed by atoms with Crippen molar-refractivity contribution >= 4 is 23.4 Å². The normalized spacial score (nSPS) is 15.2. The standard InChI is InChI=1S/C19H19ClN2O2/c20-16-10-5-4-9-15(16)18(24)21-13-17(23)22-19(11-6-12-19)14-7-2-1-3-8-14/h1-5,7-10H,6,11-13H2,(H,21,24)(H,22,23). The second-order valence-corrected chi connectivity index (χ2v) is 6.42. The second-order valence-electron chi connectivity index (χ2n) is 6.01. The van der Waals surface area contributed by atoms with E-state index in [1.54, 1.807) is 24.3 Å². The van der Waals surface area contributed by atoms with Crippen LogP contribution in [-0.2, 0) is 10.3 Å². The summed E-state index contributed by atoms with van der Waals surface area (Å²) in [6.45, 7) is -0.0708. The van der Waals surface area contributed by atoms with Gasteiger partial charge in [-0.05, 0) is 37.0 Å². The van der Waals surface area contributed by atoms with Crippen LogP contribution in [0.25, 0.3) is 0 Å². The molecule has 0 atom stereocenters. The number of hydrogen-bond acceptors (Lipinski definition) is 2. The molecule has 0 aliphatic heterocycles. The minimum atomic E-state index is -0.349. The lowest BCUT2D eigenvalue weighted by molar-refractivity contribution is -0.123. The predicted octanol–water partition coefficient (Wildman–Crippen LogP) is 3.27. The molecule has 1 fully saturated rings. The van der Waals surface area contributed by atoms with Crippen molar-refractivity contribution in [1.29, 1.82) is 0 Å². The van der Waals surface area contributed by atoms with Crippen LogP contribution in [0.2, 0.25) is 5.02 Å². The fourth-order valence-electron chi connectivity index (χ4n) is 2.99. The van der Waals surface area contributed by atoms with E-state index in [4.69, 9.17) is 11.6 Å². The predicted molar refractivity (Wildman–Crippen MR) is 93.9 cm³/mol. The number of nitrogens with one attached hydrogen (secondary N) is 2. The van der Waals surface area contributed by atoms with Crippen molar-refractivity contribution < 1.29 is 9.59 Å². The third-order valence-electron chi connectivity index (χ3n) is 4.44. The van der Waals surface area contributed by atoms with Crippen molar-refractivity contribution in [2.75, 3.05) is 6.54 Å². The Morgan fingerprint density at radius 3 is 2.29 bits per heavy atom. The Hall–Kier alpha value is -2.33. The first-order valence-corrected chi connectivity index (χ1v) is 8.38. The molecule has 1 saturated carbocycles. The van der Waals surface area contributed by atoms with Crippen molar-refractivity contribution in [2.24, 2.45) is 0 Å². The molecule has 2 amide bonds. The van der Waals surface area contributed by atoms with E-state index in [0.29, 0.717) is 10.6 Å². The van der Waals surface area contributed by atoms with Crippen LogP contribution in [0.4, 0.5) is 0 Å². The molecule has 1 aliphatic carbocycles. The number of carbonyl (C=O) groups excluding carboxylic acids is 2. The Morgan fingerprint density at radius 2 is 1.67 bits per heavy atom. The van der Waals surface area contributed by atoms with Crippen LogP contribution in [-0.4, -0.2) is 18.4 Å². The lowest BCUT2D eigenvalue weighted by Crippen LogP contribution is -2.53. The zero-order valence-corrected chi connectivity index (χ0v) is 14.0. The zero-order valence-electron chi connectivity index (χ0n) is 13.2. The first kappa shape index (κ1) is 16.5. The molecule has 0 heterocycles. The molecule has 24 heavy (non-hydrogen) atoms. The summed E-state index contributed by atoms with van der Waals surface area (Å²) in [5, 5.41) is 6.08. The van der Waals surface area contributed by atoms with E-state index in [1.165, 1.54) is 0 Å². The maximum atomic E-state index is 12.3. The summed E-state index contributed by atoms with van der Waals surface area (Å²) in [6, 6.07) is 16.7. The Bertz CT molecular complexity index is 742. The van der Waals surface area contributed by atoms with Gasteiger partial charge in [0.15, 0.2) is 0 Å². The first-order valence-electron chi connectivity index (χ1n) is 8.00. The maximum absolute atomic E-state index is 12.3. The van der Waals surface area contributed by atoms with Crippen LogP contribution >= 0.6 is 11.6 Å². The van der Waals surface area contributed by atoms with Gasteiger partial charge in [-0.1, -0.05) is 54.1 Å². The summed E-state index contributed by atoms with van der Waals surface area (Å²) in [5.41, 5.74) is 1.18. The van der Waals surface area contributed by atoms with Gasteiger partial charge in [-0.2, -0.15) is 0 Å². The number of rotatable bonds is 5. The monoisotopic (exact) mass is 342 g/mol. The fraction of sp³-hybridized carbons (Fsp3) is 0.263. The number of halogens is 1. The first-order chi connectivity index (χ1) is 11.6. The Morgan fingerprint density at radius 1 is 1.00 bits per heavy atom. The highest BCUT2D eigenvalue weighted by Gasteiger charge is 2.39. The van der Waals surface area contributed by atoms with Gasteiger partial charge in [0.2, 0.25) is 5.91 Å². The molecule has 0 bridgehead atoms. The van der Waals surface area contributed by atoms with Crippen LogP contribution in [0.1, 0.15) is 35.2 Å². The molecule has 0 saturated heterocycles. The lowest BCUT2D eigenvalue weighted by atomic mass is 9.72. The van der Waals surface area contributed by atoms with Crippen LogP contribution in [0.3, 0.4) is 0 Å². The molecule has 0 spiro atoms. The SMILES string of the molecule is O=C(CNC(=O)c1ccccc1Cl)NC1(c2ccccc2)CCC1. The highest BCUT2D eigenvalue weighted by atomic mass is 35.5. The van der Waals surface area contributed by atoms with E-state index in [0.717, 1.165) is 24.8 Å². The minimum absolute atomic E-state index is 0.0708. The Labute approximate surface area is 146 Å². The van der Waals surface area contributed by atoms with E-state index >= 15 is 0 Å². The van der Waals surface area contributed by atoms with Gasteiger partial charge < -0.3 is 10.6 Å². The minimum Gasteiger partial charge on any atom is -0.345 e. The molecule has 0 radical (unpaired) electrons. The molecular formula is C19H19ClN2O2. The van der Waals surface area contributed by atoms with E-state index in [9.17, 15) is 9.59 Å². The molecule has 5 heteroatoms. The number of amides is 2. The van der Waals surface area contributed by atoms with Crippen LogP contribution in [0.15, 0.2) is 54.6 Å². The number of benzene rings is 2. The van der Waals surface area contributed by atoms with Gasteiger partial charge in [-0.15, -0.1) is 0 Å². The average molecular weight is 343 g/mol. The zero-order chi connectivity index (χ0) is 17.0. The second kappa shape index (κ2) is 7.05. The van der Waals surface area contributed by atoms with Crippen LogP contribution < -0.4 is 10.6 Å². The molecule has 1 aliphatic rings. The smallest absolute Gasteiger partial charge is 0.253 e. The fourth-order valence-corrected chi connectivity index (χ4v) is 3.21. The largest absolute Gasteiger partial charge is 0.345 e. The summed E-state index contributed by atoms with van der Waals surface area (Å²) in [4.78, 5) is 24.4. The molecule has 2 aromatic carbocycles. The highest BCUT2D eigenvalue weighted by molar-refractivity contribution is 6.33. The molecule has 124 valence electrons. The van der Waals surface area contributed by atoms with Gasteiger partial charge in [-0.25, -0.2) is 0 Å². The topological polar surface area (TPSA) is 58.2 Å². The van der Waals surface area contributed by atoms with Crippen LogP contribution in [0.5, 0.6) is 0 Å². The van der Waals surface area contributed by atoms with Gasteiger partial charge in [0.25, 0.3) is 5.91 Å². The van der Waals surface area contributed by atoms with Crippen molar-refractivity contribution in [3.63, 3.8) is 0 Å². The quantitative estimate of drug-likeness (QED) is 0.876. The van der Waals surface area contributed by atoms with Crippen molar-refractivity contribution in [2.45, 2.75) is 24.8 Å². The maximum Gasteiger partial charge on any atom is 0.253 e. The van der Waals surface area contributed by atoms with E-state index < -0.39 is 0 Å². The summed E-state index contributed by atoms with van der Waals surface area (Å²) in [5.74, 6) is -0.544. The molecule has 0 unspecified atom stereocenters. The summed E-state index contributed by atoms with van der Waals surface area (Å²) in [6.07, 6.45) is 2.92. The van der Waals surface area contributed by atoms with Crippen molar-refractivity contribution in [3.8, 4) is 0 Å². The Balaban J connectivity index is 1.60. The van der Waals surface area contributed by atoms with Gasteiger partial charge in [0.1, 0.15) is 0 Å². The van der Waals surface area contributed by atoms with Crippen molar-refractivity contribution in [3.05, 3.63) is 70.7 Å². The van der Waals surface area contributed by atoms with E-state index in [1.807, 2.05) is 30.3 Å². The molecule has 2 N–H and O–H groups in total.